The van der Waals surface area contributed by atoms with Gasteiger partial charge in [-0.15, -0.1) is 0 Å². The van der Waals surface area contributed by atoms with E-state index in [2.05, 4.69) is 0 Å². The third-order valence-electron chi connectivity index (χ3n) is 1.23. The second kappa shape index (κ2) is 4.63. The van der Waals surface area contributed by atoms with E-state index in [1.807, 2.05) is 0 Å². The van der Waals surface area contributed by atoms with Crippen molar-refractivity contribution in [2.75, 3.05) is 26.4 Å². The maximum Gasteiger partial charge on any atom is 0.271 e. The van der Waals surface area contributed by atoms with Gasteiger partial charge in [-0.05, 0) is 0 Å². The van der Waals surface area contributed by atoms with E-state index >= 15 is 0 Å². The Morgan fingerprint density at radius 1 is 1.45 bits per heavy atom. The van der Waals surface area contributed by atoms with Crippen molar-refractivity contribution in [3.8, 4) is 0 Å². The summed E-state index contributed by atoms with van der Waals surface area (Å²) in [6.45, 7) is 0.0735. The number of ether oxygens (including phenoxy) is 3. The lowest BCUT2D eigenvalue weighted by Crippen LogP contribution is -2.24. The van der Waals surface area contributed by atoms with Gasteiger partial charge >= 0.3 is 0 Å². The molecule has 0 saturated carbocycles. The summed E-state index contributed by atoms with van der Waals surface area (Å²) in [5, 5.41) is 17.2. The lowest BCUT2D eigenvalue weighted by Gasteiger charge is -2.12. The van der Waals surface area contributed by atoms with Gasteiger partial charge in [-0.3, -0.25) is 0 Å². The zero-order valence-electron chi connectivity index (χ0n) is 6.10. The molecule has 0 aromatic rings. The third kappa shape index (κ3) is 3.13. The summed E-state index contributed by atoms with van der Waals surface area (Å²) in [6.07, 6.45) is -0.859. The van der Waals surface area contributed by atoms with Crippen LogP contribution in [0.4, 0.5) is 0 Å². The number of aliphatic hydroxyl groups excluding tert-OH is 2. The number of hydrogen-bond donors (Lipinski definition) is 2. The number of aliphatic hydroxyl groups is 2. The third-order valence-corrected chi connectivity index (χ3v) is 1.23. The SMILES string of the molecule is OCC(O)COC1OCCO1. The predicted octanol–water partition coefficient (Wildman–Crippen LogP) is -1.31. The minimum absolute atomic E-state index is 0.0289. The summed E-state index contributed by atoms with van der Waals surface area (Å²) in [7, 11) is 0. The van der Waals surface area contributed by atoms with Crippen LogP contribution in [0.25, 0.3) is 0 Å². The largest absolute Gasteiger partial charge is 0.394 e. The highest BCUT2D eigenvalue weighted by atomic mass is 16.9. The molecule has 1 aliphatic rings. The van der Waals surface area contributed by atoms with Gasteiger partial charge in [-0.25, -0.2) is 0 Å². The van der Waals surface area contributed by atoms with Crippen molar-refractivity contribution in [2.45, 2.75) is 12.6 Å². The number of hydrogen-bond acceptors (Lipinski definition) is 5. The first-order chi connectivity index (χ1) is 5.33. The van der Waals surface area contributed by atoms with Crippen LogP contribution in [0.5, 0.6) is 0 Å². The molecule has 1 rings (SSSR count). The Hall–Kier alpha value is -0.200. The molecule has 2 N–H and O–H groups in total. The van der Waals surface area contributed by atoms with E-state index in [0.717, 1.165) is 0 Å². The lowest BCUT2D eigenvalue weighted by atomic mass is 10.4. The van der Waals surface area contributed by atoms with Crippen LogP contribution in [0, 0.1) is 0 Å². The number of rotatable bonds is 4. The van der Waals surface area contributed by atoms with Crippen molar-refractivity contribution in [1.29, 1.82) is 0 Å². The fourth-order valence-electron chi connectivity index (χ4n) is 0.675. The fourth-order valence-corrected chi connectivity index (χ4v) is 0.675. The standard InChI is InChI=1S/C6H12O5/c7-3-5(8)4-11-6-9-1-2-10-6/h5-8H,1-4H2. The fraction of sp³-hybridized carbons (Fsp3) is 1.00. The van der Waals surface area contributed by atoms with Crippen molar-refractivity contribution in [3.63, 3.8) is 0 Å². The van der Waals surface area contributed by atoms with Crippen LogP contribution in [-0.4, -0.2) is 49.2 Å². The van der Waals surface area contributed by atoms with Gasteiger partial charge in [0.1, 0.15) is 6.10 Å². The maximum absolute atomic E-state index is 8.83. The van der Waals surface area contributed by atoms with Crippen molar-refractivity contribution < 1.29 is 24.4 Å². The molecule has 0 aromatic carbocycles. The molecule has 0 radical (unpaired) electrons. The van der Waals surface area contributed by atoms with Gasteiger partial charge in [-0.1, -0.05) is 0 Å². The van der Waals surface area contributed by atoms with E-state index < -0.39 is 12.6 Å². The van der Waals surface area contributed by atoms with Gasteiger partial charge in [0.25, 0.3) is 6.48 Å². The molecule has 1 fully saturated rings. The molecular formula is C6H12O5. The van der Waals surface area contributed by atoms with E-state index in [9.17, 15) is 0 Å². The predicted molar refractivity (Wildman–Crippen MR) is 34.7 cm³/mol. The first-order valence-corrected chi connectivity index (χ1v) is 3.46. The van der Waals surface area contributed by atoms with Gasteiger partial charge in [0.05, 0.1) is 26.4 Å². The molecule has 5 heteroatoms. The smallest absolute Gasteiger partial charge is 0.271 e. The average molecular weight is 164 g/mol. The highest BCUT2D eigenvalue weighted by Gasteiger charge is 2.17. The molecule has 1 unspecified atom stereocenters. The quantitative estimate of drug-likeness (QED) is 0.539. The van der Waals surface area contributed by atoms with Crippen molar-refractivity contribution >= 4 is 0 Å². The van der Waals surface area contributed by atoms with Gasteiger partial charge in [0.15, 0.2) is 0 Å². The molecule has 1 aliphatic heterocycles. The lowest BCUT2D eigenvalue weighted by molar-refractivity contribution is -0.240. The first-order valence-electron chi connectivity index (χ1n) is 3.46. The molecule has 1 saturated heterocycles. The molecule has 1 heterocycles. The second-order valence-electron chi connectivity index (χ2n) is 2.20. The summed E-state index contributed by atoms with van der Waals surface area (Å²) >= 11 is 0. The van der Waals surface area contributed by atoms with Crippen LogP contribution in [-0.2, 0) is 14.2 Å². The Morgan fingerprint density at radius 3 is 2.64 bits per heavy atom. The van der Waals surface area contributed by atoms with E-state index in [4.69, 9.17) is 24.4 Å². The minimum atomic E-state index is -0.859. The van der Waals surface area contributed by atoms with Gasteiger partial charge < -0.3 is 24.4 Å². The maximum atomic E-state index is 8.83. The monoisotopic (exact) mass is 164 g/mol. The molecule has 66 valence electrons. The highest BCUT2D eigenvalue weighted by Crippen LogP contribution is 2.04. The molecule has 0 aliphatic carbocycles. The van der Waals surface area contributed by atoms with E-state index in [1.54, 1.807) is 0 Å². The van der Waals surface area contributed by atoms with E-state index in [0.29, 0.717) is 13.2 Å². The summed E-state index contributed by atoms with van der Waals surface area (Å²) in [5.41, 5.74) is 0. The van der Waals surface area contributed by atoms with Gasteiger partial charge in [-0.2, -0.15) is 0 Å². The Labute approximate surface area is 64.5 Å². The Kier molecular flexibility index (Phi) is 3.74. The molecule has 11 heavy (non-hydrogen) atoms. The van der Waals surface area contributed by atoms with Crippen LogP contribution in [0.15, 0.2) is 0 Å². The summed E-state index contributed by atoms with van der Waals surface area (Å²) < 4.78 is 14.7. The van der Waals surface area contributed by atoms with Crippen LogP contribution < -0.4 is 0 Å². The highest BCUT2D eigenvalue weighted by molar-refractivity contribution is 4.49. The molecule has 0 amide bonds. The molecule has 0 bridgehead atoms. The molecule has 0 spiro atoms. The van der Waals surface area contributed by atoms with E-state index in [-0.39, 0.29) is 13.2 Å². The summed E-state index contributed by atoms with van der Waals surface area (Å²) in [5.74, 6) is 0. The Balaban J connectivity index is 2.01. The molecule has 0 aromatic heterocycles. The average Bonchev–Trinajstić information content (AvgIpc) is 2.52. The van der Waals surface area contributed by atoms with Crippen molar-refractivity contribution in [2.24, 2.45) is 0 Å². The Bertz CT molecular complexity index is 101. The van der Waals surface area contributed by atoms with Crippen LogP contribution in [0.2, 0.25) is 0 Å². The zero-order valence-corrected chi connectivity index (χ0v) is 6.10. The van der Waals surface area contributed by atoms with Crippen LogP contribution >= 0.6 is 0 Å². The van der Waals surface area contributed by atoms with E-state index in [1.165, 1.54) is 0 Å². The van der Waals surface area contributed by atoms with Crippen LogP contribution in [0.3, 0.4) is 0 Å². The topological polar surface area (TPSA) is 68.2 Å². The molecule has 5 nitrogen and oxygen atoms in total. The van der Waals surface area contributed by atoms with Crippen molar-refractivity contribution in [3.05, 3.63) is 0 Å². The Morgan fingerprint density at radius 2 is 2.09 bits per heavy atom. The normalized spacial score (nSPS) is 22.4. The molecular weight excluding hydrogens is 152 g/mol. The zero-order chi connectivity index (χ0) is 8.10. The second-order valence-corrected chi connectivity index (χ2v) is 2.20. The summed E-state index contributed by atoms with van der Waals surface area (Å²) in [4.78, 5) is 0. The van der Waals surface area contributed by atoms with Crippen LogP contribution in [0.1, 0.15) is 0 Å². The molecule has 1 atom stereocenters. The van der Waals surface area contributed by atoms with Gasteiger partial charge in [0.2, 0.25) is 0 Å². The first kappa shape index (κ1) is 8.89. The van der Waals surface area contributed by atoms with Crippen molar-refractivity contribution in [1.82, 2.24) is 0 Å². The summed E-state index contributed by atoms with van der Waals surface area (Å²) in [6, 6.07) is 0. The minimum Gasteiger partial charge on any atom is -0.394 e. The van der Waals surface area contributed by atoms with Gasteiger partial charge in [0, 0.05) is 0 Å².